The lowest BCUT2D eigenvalue weighted by molar-refractivity contribution is -0.384. The van der Waals surface area contributed by atoms with Crippen molar-refractivity contribution in [3.63, 3.8) is 0 Å². The fourth-order valence-corrected chi connectivity index (χ4v) is 3.55. The maximum absolute atomic E-state index is 12.7. The first-order valence-corrected chi connectivity index (χ1v) is 10.4. The van der Waals surface area contributed by atoms with Crippen molar-refractivity contribution >= 4 is 29.6 Å². The maximum atomic E-state index is 12.7. The van der Waals surface area contributed by atoms with Gasteiger partial charge in [0.25, 0.3) is 11.6 Å². The number of nitro groups is 1. The number of aryl methyl sites for hydroxylation is 1. The number of oxazole rings is 1. The van der Waals surface area contributed by atoms with Gasteiger partial charge in [-0.15, -0.1) is 0 Å². The summed E-state index contributed by atoms with van der Waals surface area (Å²) in [5.74, 6) is 0.541. The Morgan fingerprint density at radius 1 is 1.09 bits per heavy atom. The van der Waals surface area contributed by atoms with Gasteiger partial charge in [0.1, 0.15) is 6.07 Å². The number of nitro benzene ring substituents is 1. The van der Waals surface area contributed by atoms with Crippen LogP contribution >= 0.6 is 0 Å². The summed E-state index contributed by atoms with van der Waals surface area (Å²) >= 11 is 0. The highest BCUT2D eigenvalue weighted by molar-refractivity contribution is 5.94. The second-order valence-electron chi connectivity index (χ2n) is 7.64. The molecule has 1 fully saturated rings. The van der Waals surface area contributed by atoms with Gasteiger partial charge in [-0.3, -0.25) is 14.9 Å². The van der Waals surface area contributed by atoms with Crippen LogP contribution in [0.3, 0.4) is 0 Å². The maximum Gasteiger partial charge on any atom is 0.269 e. The lowest BCUT2D eigenvalue weighted by Gasteiger charge is -2.34. The lowest BCUT2D eigenvalue weighted by Crippen LogP contribution is -2.48. The van der Waals surface area contributed by atoms with Crippen molar-refractivity contribution < 1.29 is 14.1 Å². The van der Waals surface area contributed by atoms with Crippen molar-refractivity contribution in [3.05, 3.63) is 86.9 Å². The monoisotopic (exact) mass is 443 g/mol. The molecule has 0 atom stereocenters. The molecule has 1 aliphatic rings. The molecule has 0 radical (unpaired) electrons. The van der Waals surface area contributed by atoms with E-state index in [1.807, 2.05) is 42.2 Å². The van der Waals surface area contributed by atoms with E-state index in [0.717, 1.165) is 5.56 Å². The molecule has 4 rings (SSSR count). The molecule has 1 aliphatic heterocycles. The van der Waals surface area contributed by atoms with E-state index in [4.69, 9.17) is 4.42 Å². The summed E-state index contributed by atoms with van der Waals surface area (Å²) in [6, 6.07) is 15.6. The molecule has 0 bridgehead atoms. The zero-order valence-electron chi connectivity index (χ0n) is 18.0. The number of non-ortho nitro benzene ring substituents is 1. The van der Waals surface area contributed by atoms with E-state index in [9.17, 15) is 20.2 Å². The highest BCUT2D eigenvalue weighted by Crippen LogP contribution is 2.25. The van der Waals surface area contributed by atoms with Gasteiger partial charge in [-0.25, -0.2) is 0 Å². The molecule has 0 spiro atoms. The number of amides is 1. The Kier molecular flexibility index (Phi) is 6.17. The number of piperazine rings is 1. The number of carbonyl (C=O) groups excluding carboxylic acids is 1. The molecule has 0 aliphatic carbocycles. The fraction of sp³-hybridized carbons (Fsp3) is 0.208. The number of aromatic nitrogens is 1. The number of nitrogens with zero attached hydrogens (tertiary/aromatic N) is 5. The Morgan fingerprint density at radius 2 is 1.76 bits per heavy atom. The molecule has 3 aromatic rings. The Bertz CT molecular complexity index is 1230. The van der Waals surface area contributed by atoms with Gasteiger partial charge in [-0.2, -0.15) is 10.2 Å². The first-order valence-electron chi connectivity index (χ1n) is 10.4. The van der Waals surface area contributed by atoms with Crippen LogP contribution in [0.4, 0.5) is 11.6 Å². The van der Waals surface area contributed by atoms with Gasteiger partial charge in [-0.05, 0) is 30.7 Å². The van der Waals surface area contributed by atoms with E-state index < -0.39 is 4.92 Å². The largest absolute Gasteiger partial charge is 0.420 e. The summed E-state index contributed by atoms with van der Waals surface area (Å²) in [6.07, 6.45) is 3.60. The molecule has 0 N–H and O–H groups in total. The van der Waals surface area contributed by atoms with Gasteiger partial charge in [0.05, 0.1) is 4.92 Å². The van der Waals surface area contributed by atoms with Crippen molar-refractivity contribution in [2.75, 3.05) is 31.1 Å². The summed E-state index contributed by atoms with van der Waals surface area (Å²) in [5.41, 5.74) is 2.71. The number of benzene rings is 2. The minimum Gasteiger partial charge on any atom is -0.420 e. The predicted molar refractivity (Wildman–Crippen MR) is 123 cm³/mol. The van der Waals surface area contributed by atoms with E-state index in [0.29, 0.717) is 43.5 Å². The van der Waals surface area contributed by atoms with E-state index >= 15 is 0 Å². The van der Waals surface area contributed by atoms with Crippen LogP contribution in [0.15, 0.2) is 52.9 Å². The number of anilines is 1. The molecule has 166 valence electrons. The van der Waals surface area contributed by atoms with Crippen LogP contribution in [0.2, 0.25) is 0 Å². The molecule has 0 unspecified atom stereocenters. The summed E-state index contributed by atoms with van der Waals surface area (Å²) < 4.78 is 5.84. The van der Waals surface area contributed by atoms with Crippen molar-refractivity contribution in [1.29, 1.82) is 5.26 Å². The van der Waals surface area contributed by atoms with Crippen LogP contribution in [-0.4, -0.2) is 46.9 Å². The predicted octanol–water partition coefficient (Wildman–Crippen LogP) is 3.90. The second-order valence-corrected chi connectivity index (χ2v) is 7.64. The molecule has 1 aromatic heterocycles. The highest BCUT2D eigenvalue weighted by Gasteiger charge is 2.26. The van der Waals surface area contributed by atoms with Crippen LogP contribution in [0.1, 0.15) is 33.1 Å². The van der Waals surface area contributed by atoms with Crippen LogP contribution in [0.25, 0.3) is 12.2 Å². The summed E-state index contributed by atoms with van der Waals surface area (Å²) in [6.45, 7) is 3.82. The van der Waals surface area contributed by atoms with Crippen molar-refractivity contribution in [1.82, 2.24) is 9.88 Å². The molecule has 9 heteroatoms. The molecule has 0 saturated carbocycles. The Balaban J connectivity index is 1.42. The first-order chi connectivity index (χ1) is 15.9. The third kappa shape index (κ3) is 4.91. The number of carbonyl (C=O) groups is 1. The number of nitriles is 1. The Labute approximate surface area is 190 Å². The third-order valence-electron chi connectivity index (χ3n) is 5.41. The first kappa shape index (κ1) is 21.8. The van der Waals surface area contributed by atoms with Gasteiger partial charge in [0.2, 0.25) is 17.5 Å². The molecule has 33 heavy (non-hydrogen) atoms. The highest BCUT2D eigenvalue weighted by atomic mass is 16.6. The summed E-state index contributed by atoms with van der Waals surface area (Å²) in [5, 5.41) is 20.3. The van der Waals surface area contributed by atoms with Gasteiger partial charge in [0, 0.05) is 50.0 Å². The third-order valence-corrected chi connectivity index (χ3v) is 5.41. The normalized spacial score (nSPS) is 13.8. The SMILES string of the molecule is Cc1ccc(/C=C/c2nc(C#N)c(N3CCN(C(=O)c4ccc([N+](=O)[O-])cc4)CC3)o2)cc1. The molecule has 2 heterocycles. The molecular weight excluding hydrogens is 422 g/mol. The number of rotatable bonds is 5. The summed E-state index contributed by atoms with van der Waals surface area (Å²) in [7, 11) is 0. The smallest absolute Gasteiger partial charge is 0.269 e. The number of hydrogen-bond donors (Lipinski definition) is 0. The van der Waals surface area contributed by atoms with E-state index in [1.54, 1.807) is 11.0 Å². The average molecular weight is 443 g/mol. The fourth-order valence-electron chi connectivity index (χ4n) is 3.55. The van der Waals surface area contributed by atoms with Gasteiger partial charge < -0.3 is 14.2 Å². The molecule has 1 saturated heterocycles. The van der Waals surface area contributed by atoms with Crippen molar-refractivity contribution in [2.45, 2.75) is 6.92 Å². The zero-order chi connectivity index (χ0) is 23.4. The van der Waals surface area contributed by atoms with Crippen molar-refractivity contribution in [2.24, 2.45) is 0 Å². The summed E-state index contributed by atoms with van der Waals surface area (Å²) in [4.78, 5) is 30.9. The topological polar surface area (TPSA) is 117 Å². The van der Waals surface area contributed by atoms with Crippen LogP contribution in [0, 0.1) is 28.4 Å². The standard InChI is InChI=1S/C24H21N5O4/c1-17-2-4-18(5-3-17)6-11-22-26-21(16-25)24(33-22)28-14-12-27(13-15-28)23(30)19-7-9-20(10-8-19)29(31)32/h2-11H,12-15H2,1H3/b11-6+. The molecule has 9 nitrogen and oxygen atoms in total. The second kappa shape index (κ2) is 9.36. The molecule has 2 aromatic carbocycles. The van der Waals surface area contributed by atoms with Crippen LogP contribution < -0.4 is 4.90 Å². The lowest BCUT2D eigenvalue weighted by atomic mass is 10.1. The average Bonchev–Trinajstić information content (AvgIpc) is 3.27. The van der Waals surface area contributed by atoms with Crippen LogP contribution in [-0.2, 0) is 0 Å². The van der Waals surface area contributed by atoms with Gasteiger partial charge in [-0.1, -0.05) is 29.8 Å². The number of hydrogen-bond acceptors (Lipinski definition) is 7. The molecular formula is C24H21N5O4. The van der Waals surface area contributed by atoms with E-state index in [-0.39, 0.29) is 17.3 Å². The minimum atomic E-state index is -0.499. The quantitative estimate of drug-likeness (QED) is 0.434. The van der Waals surface area contributed by atoms with E-state index in [1.165, 1.54) is 29.8 Å². The van der Waals surface area contributed by atoms with Gasteiger partial charge >= 0.3 is 0 Å². The zero-order valence-corrected chi connectivity index (χ0v) is 18.0. The molecule has 1 amide bonds. The Hall–Kier alpha value is -4.45. The van der Waals surface area contributed by atoms with E-state index in [2.05, 4.69) is 11.1 Å². The van der Waals surface area contributed by atoms with Gasteiger partial charge in [0.15, 0.2) is 0 Å². The Morgan fingerprint density at radius 3 is 2.36 bits per heavy atom. The van der Waals surface area contributed by atoms with Crippen molar-refractivity contribution in [3.8, 4) is 6.07 Å². The van der Waals surface area contributed by atoms with Crippen LogP contribution in [0.5, 0.6) is 0 Å². The minimum absolute atomic E-state index is 0.0575.